The number of rotatable bonds is 5. The van der Waals surface area contributed by atoms with E-state index in [4.69, 9.17) is 34.2 Å². The van der Waals surface area contributed by atoms with Gasteiger partial charge in [-0.2, -0.15) is 0 Å². The number of hydrogen-bond donors (Lipinski definition) is 3. The standard InChI is InChI=1S/C11H16Cl2N4O/c12-8-6-9(13)11(15-10(8)16-14)17(4-5-18)7-2-1-3-7/h6-7,18H,1-5,14H2,(H,15,16). The molecule has 100 valence electrons. The van der Waals surface area contributed by atoms with E-state index in [9.17, 15) is 0 Å². The van der Waals surface area contributed by atoms with Gasteiger partial charge in [-0.3, -0.25) is 0 Å². The van der Waals surface area contributed by atoms with E-state index in [0.717, 1.165) is 12.8 Å². The van der Waals surface area contributed by atoms with E-state index in [1.807, 2.05) is 4.90 Å². The van der Waals surface area contributed by atoms with Crippen molar-refractivity contribution in [2.45, 2.75) is 25.3 Å². The Labute approximate surface area is 116 Å². The van der Waals surface area contributed by atoms with Gasteiger partial charge in [0, 0.05) is 12.6 Å². The van der Waals surface area contributed by atoms with Crippen LogP contribution in [0.4, 0.5) is 11.6 Å². The van der Waals surface area contributed by atoms with Crippen LogP contribution in [0.1, 0.15) is 19.3 Å². The van der Waals surface area contributed by atoms with Gasteiger partial charge in [-0.15, -0.1) is 0 Å². The molecule has 1 saturated carbocycles. The summed E-state index contributed by atoms with van der Waals surface area (Å²) in [7, 11) is 0. The van der Waals surface area contributed by atoms with E-state index in [0.29, 0.717) is 34.3 Å². The first-order chi connectivity index (χ1) is 8.67. The zero-order valence-electron chi connectivity index (χ0n) is 9.87. The molecule has 0 unspecified atom stereocenters. The summed E-state index contributed by atoms with van der Waals surface area (Å²) in [5.41, 5.74) is 2.44. The lowest BCUT2D eigenvalue weighted by Crippen LogP contribution is -2.42. The van der Waals surface area contributed by atoms with Gasteiger partial charge in [0.2, 0.25) is 0 Å². The Balaban J connectivity index is 2.33. The Morgan fingerprint density at radius 3 is 2.67 bits per heavy atom. The van der Waals surface area contributed by atoms with E-state index in [1.54, 1.807) is 6.07 Å². The number of anilines is 2. The van der Waals surface area contributed by atoms with Crippen LogP contribution in [-0.2, 0) is 0 Å². The van der Waals surface area contributed by atoms with Crippen molar-refractivity contribution in [3.63, 3.8) is 0 Å². The average Bonchev–Trinajstić information content (AvgIpc) is 2.26. The quantitative estimate of drug-likeness (QED) is 0.572. The molecule has 0 radical (unpaired) electrons. The summed E-state index contributed by atoms with van der Waals surface area (Å²) in [5, 5.41) is 10.0. The zero-order chi connectivity index (χ0) is 13.1. The molecule has 18 heavy (non-hydrogen) atoms. The van der Waals surface area contributed by atoms with Crippen molar-refractivity contribution in [3.05, 3.63) is 16.1 Å². The third-order valence-corrected chi connectivity index (χ3v) is 3.74. The molecule has 0 spiro atoms. The summed E-state index contributed by atoms with van der Waals surface area (Å²) < 4.78 is 0. The largest absolute Gasteiger partial charge is 0.395 e. The van der Waals surface area contributed by atoms with Crippen molar-refractivity contribution in [2.75, 3.05) is 23.5 Å². The van der Waals surface area contributed by atoms with Gasteiger partial charge >= 0.3 is 0 Å². The molecule has 7 heteroatoms. The van der Waals surface area contributed by atoms with Crippen LogP contribution in [0.2, 0.25) is 10.0 Å². The fourth-order valence-electron chi connectivity index (χ4n) is 2.03. The average molecular weight is 291 g/mol. The Kier molecular flexibility index (Phi) is 4.50. The molecular weight excluding hydrogens is 275 g/mol. The van der Waals surface area contributed by atoms with Gasteiger partial charge in [-0.1, -0.05) is 23.2 Å². The van der Waals surface area contributed by atoms with Crippen LogP contribution in [0, 0.1) is 0 Å². The number of nitrogens with one attached hydrogen (secondary N) is 1. The molecule has 1 aliphatic rings. The highest BCUT2D eigenvalue weighted by Gasteiger charge is 2.27. The molecule has 1 aromatic rings. The first kappa shape index (κ1) is 13.7. The highest BCUT2D eigenvalue weighted by Crippen LogP contribution is 2.35. The summed E-state index contributed by atoms with van der Waals surface area (Å²) >= 11 is 12.1. The molecule has 1 fully saturated rings. The summed E-state index contributed by atoms with van der Waals surface area (Å²) in [6.07, 6.45) is 3.37. The summed E-state index contributed by atoms with van der Waals surface area (Å²) in [4.78, 5) is 6.34. The second-order valence-corrected chi connectivity index (χ2v) is 5.08. The molecule has 0 amide bonds. The number of nitrogen functional groups attached to an aromatic ring is 1. The third-order valence-electron chi connectivity index (χ3n) is 3.18. The van der Waals surface area contributed by atoms with Crippen LogP contribution in [0.15, 0.2) is 6.07 Å². The number of halogens is 2. The Morgan fingerprint density at radius 1 is 1.44 bits per heavy atom. The maximum atomic E-state index is 9.16. The molecule has 4 N–H and O–H groups in total. The lowest BCUT2D eigenvalue weighted by Gasteiger charge is -2.38. The van der Waals surface area contributed by atoms with Crippen LogP contribution in [0.3, 0.4) is 0 Å². The Morgan fingerprint density at radius 2 is 2.17 bits per heavy atom. The van der Waals surface area contributed by atoms with E-state index in [2.05, 4.69) is 10.4 Å². The molecule has 0 saturated heterocycles. The molecule has 1 heterocycles. The molecule has 0 aromatic carbocycles. The second kappa shape index (κ2) is 5.93. The number of nitrogens with zero attached hydrogens (tertiary/aromatic N) is 2. The van der Waals surface area contributed by atoms with Gasteiger partial charge in [-0.05, 0) is 25.3 Å². The van der Waals surface area contributed by atoms with Gasteiger partial charge in [0.15, 0.2) is 5.82 Å². The van der Waals surface area contributed by atoms with Gasteiger partial charge in [-0.25, -0.2) is 10.8 Å². The summed E-state index contributed by atoms with van der Waals surface area (Å²) in [5.74, 6) is 6.36. The summed E-state index contributed by atoms with van der Waals surface area (Å²) in [6.45, 7) is 0.561. The minimum atomic E-state index is 0.0581. The molecule has 0 atom stereocenters. The smallest absolute Gasteiger partial charge is 0.161 e. The van der Waals surface area contributed by atoms with Crippen LogP contribution in [0.25, 0.3) is 0 Å². The lowest BCUT2D eigenvalue weighted by molar-refractivity contribution is 0.283. The maximum absolute atomic E-state index is 9.16. The maximum Gasteiger partial charge on any atom is 0.161 e. The van der Waals surface area contributed by atoms with Crippen LogP contribution < -0.4 is 16.2 Å². The van der Waals surface area contributed by atoms with Crippen molar-refractivity contribution in [1.82, 2.24) is 4.98 Å². The monoisotopic (exact) mass is 290 g/mol. The van der Waals surface area contributed by atoms with E-state index in [1.165, 1.54) is 6.42 Å². The molecule has 2 rings (SSSR count). The fraction of sp³-hybridized carbons (Fsp3) is 0.545. The van der Waals surface area contributed by atoms with Gasteiger partial charge in [0.25, 0.3) is 0 Å². The Bertz CT molecular complexity index is 426. The van der Waals surface area contributed by atoms with Crippen molar-refractivity contribution < 1.29 is 5.11 Å². The van der Waals surface area contributed by atoms with E-state index < -0.39 is 0 Å². The molecule has 5 nitrogen and oxygen atoms in total. The Hall–Kier alpha value is -0.750. The van der Waals surface area contributed by atoms with Crippen LogP contribution in [-0.4, -0.2) is 29.3 Å². The van der Waals surface area contributed by atoms with Crippen LogP contribution in [0.5, 0.6) is 0 Å². The van der Waals surface area contributed by atoms with Gasteiger partial charge in [0.1, 0.15) is 5.82 Å². The van der Waals surface area contributed by atoms with Crippen molar-refractivity contribution in [1.29, 1.82) is 0 Å². The number of nitrogens with two attached hydrogens (primary N) is 1. The lowest BCUT2D eigenvalue weighted by atomic mass is 9.91. The predicted molar refractivity (Wildman–Crippen MR) is 74.1 cm³/mol. The van der Waals surface area contributed by atoms with E-state index in [-0.39, 0.29) is 6.61 Å². The normalized spacial score (nSPS) is 15.3. The third kappa shape index (κ3) is 2.64. The zero-order valence-corrected chi connectivity index (χ0v) is 11.4. The molecular formula is C11H16Cl2N4O. The number of hydrazine groups is 1. The van der Waals surface area contributed by atoms with Crippen molar-refractivity contribution >= 4 is 34.8 Å². The minimum Gasteiger partial charge on any atom is -0.395 e. The number of aliphatic hydroxyl groups is 1. The number of hydrogen-bond acceptors (Lipinski definition) is 5. The highest BCUT2D eigenvalue weighted by molar-refractivity contribution is 6.37. The molecule has 0 aliphatic heterocycles. The SMILES string of the molecule is NNc1nc(N(CCO)C2CCC2)c(Cl)cc1Cl. The van der Waals surface area contributed by atoms with Crippen molar-refractivity contribution in [3.8, 4) is 0 Å². The fourth-order valence-corrected chi connectivity index (χ4v) is 2.55. The molecule has 1 aliphatic carbocycles. The van der Waals surface area contributed by atoms with Crippen LogP contribution >= 0.6 is 23.2 Å². The number of aromatic nitrogens is 1. The first-order valence-corrected chi connectivity index (χ1v) is 6.63. The second-order valence-electron chi connectivity index (χ2n) is 4.27. The van der Waals surface area contributed by atoms with Crippen molar-refractivity contribution in [2.24, 2.45) is 5.84 Å². The van der Waals surface area contributed by atoms with Gasteiger partial charge < -0.3 is 15.4 Å². The first-order valence-electron chi connectivity index (χ1n) is 5.87. The molecule has 1 aromatic heterocycles. The molecule has 0 bridgehead atoms. The predicted octanol–water partition coefficient (Wildman–Crippen LogP) is 2.03. The number of pyridine rings is 1. The highest BCUT2D eigenvalue weighted by atomic mass is 35.5. The van der Waals surface area contributed by atoms with Gasteiger partial charge in [0.05, 0.1) is 16.7 Å². The topological polar surface area (TPSA) is 74.4 Å². The summed E-state index contributed by atoms with van der Waals surface area (Å²) in [6, 6.07) is 2.00. The number of aliphatic hydroxyl groups excluding tert-OH is 1. The minimum absolute atomic E-state index is 0.0581. The van der Waals surface area contributed by atoms with E-state index >= 15 is 0 Å².